The Morgan fingerprint density at radius 2 is 1.38 bits per heavy atom. The van der Waals surface area contributed by atoms with Gasteiger partial charge in [-0.05, 0) is 34.2 Å². The van der Waals surface area contributed by atoms with Crippen molar-refractivity contribution in [1.82, 2.24) is 0 Å². The van der Waals surface area contributed by atoms with Crippen LogP contribution in [0.25, 0.3) is 0 Å². The van der Waals surface area contributed by atoms with Gasteiger partial charge in [-0.1, -0.05) is 87.9 Å². The summed E-state index contributed by atoms with van der Waals surface area (Å²) in [5.74, 6) is 0.427. The van der Waals surface area contributed by atoms with Crippen LogP contribution in [0.3, 0.4) is 0 Å². The van der Waals surface area contributed by atoms with E-state index in [1.165, 1.54) is 0 Å². The molecule has 0 heterocycles. The lowest BCUT2D eigenvalue weighted by atomic mass is 9.91. The van der Waals surface area contributed by atoms with E-state index in [9.17, 15) is 9.90 Å². The largest absolute Gasteiger partial charge is 0.424 e. The molecular formula is C21H30O2Si. The first-order valence-electron chi connectivity index (χ1n) is 8.90. The molecule has 3 heteroatoms. The van der Waals surface area contributed by atoms with Gasteiger partial charge in [-0.2, -0.15) is 0 Å². The second-order valence-electron chi connectivity index (χ2n) is 7.32. The third-order valence-corrected chi connectivity index (χ3v) is 9.78. The van der Waals surface area contributed by atoms with E-state index in [-0.39, 0.29) is 11.6 Å². The predicted octanol–water partition coefficient (Wildman–Crippen LogP) is 3.32. The first-order chi connectivity index (χ1) is 11.5. The summed E-state index contributed by atoms with van der Waals surface area (Å²) in [5.41, 5.74) is 0. The molecule has 0 unspecified atom stereocenters. The van der Waals surface area contributed by atoms with Gasteiger partial charge in [0.25, 0.3) is 8.32 Å². The van der Waals surface area contributed by atoms with Gasteiger partial charge < -0.3 is 9.90 Å². The van der Waals surface area contributed by atoms with Crippen LogP contribution in [0.1, 0.15) is 40.0 Å². The quantitative estimate of drug-likeness (QED) is 0.723. The summed E-state index contributed by atoms with van der Waals surface area (Å²) in [7, 11) is -2.92. The highest BCUT2D eigenvalue weighted by Crippen LogP contribution is 2.42. The Balaban J connectivity index is 2.50. The van der Waals surface area contributed by atoms with Crippen LogP contribution >= 0.6 is 0 Å². The van der Waals surface area contributed by atoms with E-state index >= 15 is 0 Å². The maximum Gasteiger partial charge on any atom is 0.258 e. The normalized spacial score (nSPS) is 13.7. The lowest BCUT2D eigenvalue weighted by molar-refractivity contribution is 0.238. The molecule has 2 aromatic rings. The van der Waals surface area contributed by atoms with Crippen LogP contribution in [0, 0.1) is 5.92 Å². The van der Waals surface area contributed by atoms with Crippen molar-refractivity contribution in [2.75, 3.05) is 6.61 Å². The van der Waals surface area contributed by atoms with Gasteiger partial charge >= 0.3 is 0 Å². The molecule has 130 valence electrons. The molecule has 24 heavy (non-hydrogen) atoms. The maximum atomic E-state index is 12.1. The Hall–Kier alpha value is -1.42. The van der Waals surface area contributed by atoms with Crippen LogP contribution in [-0.4, -0.2) is 24.8 Å². The molecule has 0 spiro atoms. The molecule has 1 atom stereocenters. The minimum absolute atomic E-state index is 0.214. The number of rotatable bonds is 8. The first kappa shape index (κ1) is 18.9. The minimum Gasteiger partial charge on any atom is -0.424 e. The number of hydrogen-bond acceptors (Lipinski definition) is 2. The average molecular weight is 343 g/mol. The van der Waals surface area contributed by atoms with E-state index in [0.29, 0.717) is 5.92 Å². The summed E-state index contributed by atoms with van der Waals surface area (Å²) in [6.07, 6.45) is 2.74. The zero-order valence-electron chi connectivity index (χ0n) is 15.1. The zero-order valence-corrected chi connectivity index (χ0v) is 16.1. The molecule has 0 fully saturated rings. The Kier molecular flexibility index (Phi) is 6.38. The second-order valence-corrected chi connectivity index (χ2v) is 11.2. The maximum absolute atomic E-state index is 12.1. The van der Waals surface area contributed by atoms with Crippen LogP contribution in [0.5, 0.6) is 0 Å². The molecule has 2 N–H and O–H groups in total. The zero-order chi connectivity index (χ0) is 17.6. The molecule has 0 saturated carbocycles. The summed E-state index contributed by atoms with van der Waals surface area (Å²) >= 11 is 0. The van der Waals surface area contributed by atoms with Gasteiger partial charge in [-0.25, -0.2) is 0 Å². The van der Waals surface area contributed by atoms with Gasteiger partial charge in [0.2, 0.25) is 0 Å². The third-order valence-electron chi connectivity index (χ3n) is 5.28. The molecule has 0 aliphatic rings. The van der Waals surface area contributed by atoms with Crippen molar-refractivity contribution in [3.8, 4) is 0 Å². The van der Waals surface area contributed by atoms with Crippen LogP contribution in [0.2, 0.25) is 5.04 Å². The fourth-order valence-corrected chi connectivity index (χ4v) is 7.64. The van der Waals surface area contributed by atoms with Crippen molar-refractivity contribution in [2.45, 2.75) is 45.1 Å². The molecule has 0 aliphatic heterocycles. The number of aliphatic hydroxyl groups is 1. The van der Waals surface area contributed by atoms with Crippen molar-refractivity contribution in [3.63, 3.8) is 0 Å². The molecule has 2 rings (SSSR count). The van der Waals surface area contributed by atoms with Crippen LogP contribution in [-0.2, 0) is 0 Å². The fraction of sp³-hybridized carbons (Fsp3) is 0.429. The fourth-order valence-electron chi connectivity index (χ4n) is 3.81. The SMILES string of the molecule is CC[C@@H](CCO)CC(C)(C)[Si](O)(c1ccccc1)c1ccccc1. The molecule has 0 aromatic heterocycles. The Morgan fingerprint density at radius 1 is 0.917 bits per heavy atom. The molecule has 0 aliphatic carbocycles. The highest BCUT2D eigenvalue weighted by molar-refractivity contribution is 6.98. The number of aliphatic hydroxyl groups excluding tert-OH is 1. The van der Waals surface area contributed by atoms with Gasteiger partial charge in [0.05, 0.1) is 0 Å². The van der Waals surface area contributed by atoms with Gasteiger partial charge in [0.1, 0.15) is 0 Å². The van der Waals surface area contributed by atoms with Crippen molar-refractivity contribution in [3.05, 3.63) is 60.7 Å². The van der Waals surface area contributed by atoms with Gasteiger partial charge in [0.15, 0.2) is 0 Å². The topological polar surface area (TPSA) is 40.5 Å². The van der Waals surface area contributed by atoms with Crippen LogP contribution in [0.4, 0.5) is 0 Å². The second kappa shape index (κ2) is 8.10. The van der Waals surface area contributed by atoms with E-state index in [0.717, 1.165) is 29.6 Å². The molecule has 0 bridgehead atoms. The Bertz CT molecular complexity index is 571. The first-order valence-corrected chi connectivity index (χ1v) is 10.8. The molecule has 0 amide bonds. The van der Waals surface area contributed by atoms with Crippen molar-refractivity contribution >= 4 is 18.7 Å². The molecule has 2 nitrogen and oxygen atoms in total. The molecular weight excluding hydrogens is 312 g/mol. The highest BCUT2D eigenvalue weighted by atomic mass is 28.4. The van der Waals surface area contributed by atoms with Crippen molar-refractivity contribution in [2.24, 2.45) is 5.92 Å². The smallest absolute Gasteiger partial charge is 0.258 e. The Labute approximate surface area is 147 Å². The number of benzene rings is 2. The van der Waals surface area contributed by atoms with Gasteiger partial charge in [-0.3, -0.25) is 0 Å². The summed E-state index contributed by atoms with van der Waals surface area (Å²) in [6, 6.07) is 20.3. The molecule has 0 radical (unpaired) electrons. The summed E-state index contributed by atoms with van der Waals surface area (Å²) in [4.78, 5) is 12.1. The van der Waals surface area contributed by atoms with E-state index < -0.39 is 8.32 Å². The van der Waals surface area contributed by atoms with Gasteiger partial charge in [0, 0.05) is 6.61 Å². The van der Waals surface area contributed by atoms with E-state index in [4.69, 9.17) is 0 Å². The third kappa shape index (κ3) is 3.80. The van der Waals surface area contributed by atoms with E-state index in [1.54, 1.807) is 0 Å². The monoisotopic (exact) mass is 342 g/mol. The van der Waals surface area contributed by atoms with Crippen LogP contribution < -0.4 is 10.4 Å². The lowest BCUT2D eigenvalue weighted by Crippen LogP contribution is -2.65. The summed E-state index contributed by atoms with van der Waals surface area (Å²) in [5, 5.41) is 11.2. The summed E-state index contributed by atoms with van der Waals surface area (Å²) in [6.45, 7) is 6.77. The van der Waals surface area contributed by atoms with Crippen LogP contribution in [0.15, 0.2) is 60.7 Å². The van der Waals surface area contributed by atoms with E-state index in [1.807, 2.05) is 36.4 Å². The highest BCUT2D eigenvalue weighted by Gasteiger charge is 2.50. The lowest BCUT2D eigenvalue weighted by Gasteiger charge is -2.43. The average Bonchev–Trinajstić information content (AvgIpc) is 2.61. The van der Waals surface area contributed by atoms with Crippen molar-refractivity contribution in [1.29, 1.82) is 0 Å². The predicted molar refractivity (Wildman–Crippen MR) is 104 cm³/mol. The number of hydrogen-bond donors (Lipinski definition) is 2. The molecule has 2 aromatic carbocycles. The molecule has 0 saturated heterocycles. The van der Waals surface area contributed by atoms with E-state index in [2.05, 4.69) is 45.0 Å². The minimum atomic E-state index is -2.92. The Morgan fingerprint density at radius 3 is 1.75 bits per heavy atom. The standard InChI is InChI=1S/C21H30O2Si/c1-4-18(15-16-22)17-21(2,3)24(23,19-11-7-5-8-12-19)20-13-9-6-10-14-20/h5-14,18,22-23H,4,15-17H2,1-3H3/t18-/m0/s1. The van der Waals surface area contributed by atoms with Gasteiger partial charge in [-0.15, -0.1) is 0 Å². The van der Waals surface area contributed by atoms with Crippen molar-refractivity contribution < 1.29 is 9.90 Å². The summed E-state index contributed by atoms with van der Waals surface area (Å²) < 4.78 is 0.